The van der Waals surface area contributed by atoms with Gasteiger partial charge in [-0.05, 0) is 49.2 Å². The van der Waals surface area contributed by atoms with Gasteiger partial charge in [0.2, 0.25) is 5.95 Å². The molecule has 1 unspecified atom stereocenters. The number of ether oxygens (including phenoxy) is 2. The van der Waals surface area contributed by atoms with Gasteiger partial charge in [0.15, 0.2) is 0 Å². The Bertz CT molecular complexity index is 1260. The second-order valence-electron chi connectivity index (χ2n) is 7.34. The second kappa shape index (κ2) is 9.12. The lowest BCUT2D eigenvalue weighted by Crippen LogP contribution is -2.34. The Morgan fingerprint density at radius 3 is 2.64 bits per heavy atom. The fraction of sp³-hybridized carbons (Fsp3) is 0.250. The van der Waals surface area contributed by atoms with Crippen LogP contribution in [0.4, 0.5) is 16.0 Å². The number of benzene rings is 2. The minimum Gasteiger partial charge on any atom is -0.466 e. The number of rotatable bonds is 6. The Morgan fingerprint density at radius 2 is 2.00 bits per heavy atom. The van der Waals surface area contributed by atoms with E-state index in [0.717, 1.165) is 5.56 Å². The van der Waals surface area contributed by atoms with Crippen LogP contribution in [0.2, 0.25) is 0 Å². The summed E-state index contributed by atoms with van der Waals surface area (Å²) in [4.78, 5) is 19.4. The molecule has 4 rings (SSSR count). The summed E-state index contributed by atoms with van der Waals surface area (Å²) in [5.41, 5.74) is 3.26. The summed E-state index contributed by atoms with van der Waals surface area (Å²) in [5.74, 6) is -0.0983. The molecule has 0 saturated heterocycles. The summed E-state index contributed by atoms with van der Waals surface area (Å²) in [6.07, 6.45) is 0. The van der Waals surface area contributed by atoms with E-state index in [4.69, 9.17) is 9.47 Å². The molecule has 8 nitrogen and oxygen atoms in total. The van der Waals surface area contributed by atoms with Gasteiger partial charge in [-0.2, -0.15) is 10.2 Å². The standard InChI is InChI=1S/C24H22FN5O3/c1-4-33-22(31)20-15(2)29(19-7-5-6-17(12-19)13-25)24-27-23(32-3)28-30(24)21(20)18-10-8-16(14-26)9-11-18/h5-12,21H,4,13H2,1-3H3. The van der Waals surface area contributed by atoms with Crippen molar-refractivity contribution in [1.82, 2.24) is 14.8 Å². The molecule has 0 spiro atoms. The van der Waals surface area contributed by atoms with Gasteiger partial charge in [-0.1, -0.05) is 24.3 Å². The third-order valence-electron chi connectivity index (χ3n) is 5.39. The number of nitriles is 1. The fourth-order valence-electron chi connectivity index (χ4n) is 3.90. The van der Waals surface area contributed by atoms with Gasteiger partial charge in [-0.15, -0.1) is 5.10 Å². The summed E-state index contributed by atoms with van der Waals surface area (Å²) < 4.78 is 25.7. The van der Waals surface area contributed by atoms with Crippen LogP contribution >= 0.6 is 0 Å². The maximum absolute atomic E-state index is 13.4. The average Bonchev–Trinajstić information content (AvgIpc) is 3.27. The predicted molar refractivity (Wildman–Crippen MR) is 119 cm³/mol. The maximum atomic E-state index is 13.4. The molecule has 0 N–H and O–H groups in total. The van der Waals surface area contributed by atoms with Gasteiger partial charge in [0.05, 0.1) is 30.9 Å². The Balaban J connectivity index is 1.98. The van der Waals surface area contributed by atoms with E-state index in [0.29, 0.717) is 34.0 Å². The minimum atomic E-state index is -0.663. The number of hydrogen-bond acceptors (Lipinski definition) is 7. The number of carbonyl (C=O) groups excluding carboxylic acids is 1. The highest BCUT2D eigenvalue weighted by Crippen LogP contribution is 2.43. The van der Waals surface area contributed by atoms with Crippen LogP contribution in [0.25, 0.3) is 0 Å². The molecule has 1 atom stereocenters. The molecule has 168 valence electrons. The van der Waals surface area contributed by atoms with Crippen LogP contribution in [-0.4, -0.2) is 34.5 Å². The molecule has 33 heavy (non-hydrogen) atoms. The zero-order valence-electron chi connectivity index (χ0n) is 18.4. The first-order valence-corrected chi connectivity index (χ1v) is 10.4. The number of anilines is 2. The summed E-state index contributed by atoms with van der Waals surface area (Å²) in [6.45, 7) is 3.09. The molecule has 1 aliphatic heterocycles. The molecule has 3 aromatic rings. The number of hydrogen-bond donors (Lipinski definition) is 0. The van der Waals surface area contributed by atoms with Crippen molar-refractivity contribution in [2.75, 3.05) is 18.6 Å². The average molecular weight is 447 g/mol. The first kappa shape index (κ1) is 22.0. The topological polar surface area (TPSA) is 93.3 Å². The molecule has 1 aliphatic rings. The molecular formula is C24H22FN5O3. The van der Waals surface area contributed by atoms with E-state index in [1.165, 1.54) is 7.11 Å². The second-order valence-corrected chi connectivity index (χ2v) is 7.34. The van der Waals surface area contributed by atoms with Crippen LogP contribution in [0.1, 0.15) is 36.6 Å². The Kier molecular flexibility index (Phi) is 6.09. The van der Waals surface area contributed by atoms with E-state index in [1.54, 1.807) is 72.0 Å². The van der Waals surface area contributed by atoms with Crippen molar-refractivity contribution in [3.05, 3.63) is 76.5 Å². The minimum absolute atomic E-state index is 0.119. The third kappa shape index (κ3) is 3.91. The smallest absolute Gasteiger partial charge is 0.338 e. The van der Waals surface area contributed by atoms with Gasteiger partial charge in [0, 0.05) is 11.4 Å². The van der Waals surface area contributed by atoms with E-state index < -0.39 is 18.7 Å². The molecule has 0 bridgehead atoms. The highest BCUT2D eigenvalue weighted by atomic mass is 19.1. The van der Waals surface area contributed by atoms with Crippen molar-refractivity contribution < 1.29 is 18.7 Å². The number of methoxy groups -OCH3 is 1. The monoisotopic (exact) mass is 447 g/mol. The highest BCUT2D eigenvalue weighted by Gasteiger charge is 2.39. The number of nitrogens with zero attached hydrogens (tertiary/aromatic N) is 5. The molecule has 0 aliphatic carbocycles. The Labute approximate surface area is 190 Å². The summed E-state index contributed by atoms with van der Waals surface area (Å²) in [6, 6.07) is 15.4. The van der Waals surface area contributed by atoms with Crippen molar-refractivity contribution in [2.24, 2.45) is 0 Å². The van der Waals surface area contributed by atoms with Crippen LogP contribution in [0.3, 0.4) is 0 Å². The number of fused-ring (bicyclic) bond motifs is 1. The van der Waals surface area contributed by atoms with E-state index in [-0.39, 0.29) is 12.6 Å². The molecule has 2 aromatic carbocycles. The SMILES string of the molecule is CCOC(=O)C1=C(C)N(c2cccc(CF)c2)c2nc(OC)nn2C1c1ccc(C#N)cc1. The first-order chi connectivity index (χ1) is 16.0. The number of halogens is 1. The van der Waals surface area contributed by atoms with Gasteiger partial charge in [0.1, 0.15) is 12.7 Å². The van der Waals surface area contributed by atoms with Gasteiger partial charge in [0.25, 0.3) is 0 Å². The van der Waals surface area contributed by atoms with Crippen molar-refractivity contribution in [3.8, 4) is 12.1 Å². The van der Waals surface area contributed by atoms with Crippen LogP contribution in [0, 0.1) is 11.3 Å². The van der Waals surface area contributed by atoms with E-state index in [9.17, 15) is 14.4 Å². The van der Waals surface area contributed by atoms with Gasteiger partial charge < -0.3 is 9.47 Å². The fourth-order valence-corrected chi connectivity index (χ4v) is 3.90. The lowest BCUT2D eigenvalue weighted by Gasteiger charge is -2.35. The molecule has 0 amide bonds. The largest absolute Gasteiger partial charge is 0.466 e. The summed E-state index contributed by atoms with van der Waals surface area (Å²) in [5, 5.41) is 13.7. The zero-order valence-corrected chi connectivity index (χ0v) is 18.4. The maximum Gasteiger partial charge on any atom is 0.338 e. The number of esters is 1. The lowest BCUT2D eigenvalue weighted by molar-refractivity contribution is -0.139. The van der Waals surface area contributed by atoms with Crippen molar-refractivity contribution in [3.63, 3.8) is 0 Å². The molecular weight excluding hydrogens is 425 g/mol. The van der Waals surface area contributed by atoms with Crippen LogP contribution < -0.4 is 9.64 Å². The quantitative estimate of drug-likeness (QED) is 0.523. The van der Waals surface area contributed by atoms with Crippen molar-refractivity contribution in [1.29, 1.82) is 5.26 Å². The lowest BCUT2D eigenvalue weighted by atomic mass is 9.94. The van der Waals surface area contributed by atoms with Gasteiger partial charge in [-0.25, -0.2) is 13.9 Å². The normalized spacial score (nSPS) is 15.1. The molecule has 0 saturated carbocycles. The summed E-state index contributed by atoms with van der Waals surface area (Å²) in [7, 11) is 1.46. The molecule has 0 radical (unpaired) electrons. The number of aromatic nitrogens is 3. The van der Waals surface area contributed by atoms with Crippen LogP contribution in [-0.2, 0) is 16.2 Å². The zero-order chi connectivity index (χ0) is 23.5. The number of alkyl halides is 1. The number of allylic oxidation sites excluding steroid dienone is 1. The molecule has 9 heteroatoms. The van der Waals surface area contributed by atoms with Crippen LogP contribution in [0.5, 0.6) is 6.01 Å². The van der Waals surface area contributed by atoms with Crippen molar-refractivity contribution >= 4 is 17.6 Å². The Hall–Kier alpha value is -4.19. The van der Waals surface area contributed by atoms with Gasteiger partial charge >= 0.3 is 12.0 Å². The van der Waals surface area contributed by atoms with Crippen molar-refractivity contribution in [2.45, 2.75) is 26.6 Å². The third-order valence-corrected chi connectivity index (χ3v) is 5.39. The molecule has 2 heterocycles. The first-order valence-electron chi connectivity index (χ1n) is 10.4. The summed E-state index contributed by atoms with van der Waals surface area (Å²) >= 11 is 0. The Morgan fingerprint density at radius 1 is 1.24 bits per heavy atom. The molecule has 0 fully saturated rings. The van der Waals surface area contributed by atoms with Gasteiger partial charge in [-0.3, -0.25) is 4.90 Å². The molecule has 1 aromatic heterocycles. The van der Waals surface area contributed by atoms with Crippen LogP contribution in [0.15, 0.2) is 59.8 Å². The van der Waals surface area contributed by atoms with E-state index >= 15 is 0 Å². The highest BCUT2D eigenvalue weighted by molar-refractivity contribution is 5.93. The van der Waals surface area contributed by atoms with E-state index in [1.807, 2.05) is 0 Å². The van der Waals surface area contributed by atoms with E-state index in [2.05, 4.69) is 16.2 Å². The predicted octanol–water partition coefficient (Wildman–Crippen LogP) is 4.21. The number of carbonyl (C=O) groups is 1.